The van der Waals surface area contributed by atoms with Crippen LogP contribution in [0.4, 0.5) is 0 Å². The van der Waals surface area contributed by atoms with Crippen molar-refractivity contribution in [3.05, 3.63) is 59.7 Å². The van der Waals surface area contributed by atoms with Gasteiger partial charge >= 0.3 is 0 Å². The lowest BCUT2D eigenvalue weighted by atomic mass is 10.1. The molecule has 0 saturated carbocycles. The normalized spacial score (nSPS) is 13.2. The molecule has 1 aliphatic rings. The van der Waals surface area contributed by atoms with Gasteiger partial charge in [-0.25, -0.2) is 0 Å². The van der Waals surface area contributed by atoms with Crippen LogP contribution in [0, 0.1) is 0 Å². The third-order valence-electron chi connectivity index (χ3n) is 2.80. The predicted molar refractivity (Wildman–Crippen MR) is 70.7 cm³/mol. The molecule has 2 aromatic carbocycles. The summed E-state index contributed by atoms with van der Waals surface area (Å²) >= 11 is 0. The molecule has 0 radical (unpaired) electrons. The maximum atomic E-state index is 5.94. The molecule has 0 amide bonds. The fourth-order valence-corrected chi connectivity index (χ4v) is 1.95. The van der Waals surface area contributed by atoms with Gasteiger partial charge in [0.1, 0.15) is 11.5 Å². The summed E-state index contributed by atoms with van der Waals surface area (Å²) in [6, 6.07) is 16.3. The van der Waals surface area contributed by atoms with E-state index in [-0.39, 0.29) is 12.4 Å². The van der Waals surface area contributed by atoms with E-state index in [1.54, 1.807) is 0 Å². The number of nitrogens with one attached hydrogen (secondary N) is 1. The second-order valence-electron chi connectivity index (χ2n) is 3.92. The van der Waals surface area contributed by atoms with Crippen LogP contribution in [-0.4, -0.2) is 0 Å². The highest BCUT2D eigenvalue weighted by Crippen LogP contribution is 2.29. The number of fused-ring (bicyclic) bond motifs is 2. The summed E-state index contributed by atoms with van der Waals surface area (Å²) < 4.78 is 5.94. The highest BCUT2D eigenvalue weighted by Gasteiger charge is 2.10. The molecule has 1 aliphatic heterocycles. The first kappa shape index (κ1) is 12.0. The Hall–Kier alpha value is -1.51. The van der Waals surface area contributed by atoms with Crippen LogP contribution in [0.1, 0.15) is 11.1 Å². The van der Waals surface area contributed by atoms with Crippen molar-refractivity contribution in [2.75, 3.05) is 0 Å². The first-order valence-electron chi connectivity index (χ1n) is 5.48. The Bertz CT molecular complexity index is 468. The number of hydrogen-bond donors (Lipinski definition) is 1. The Balaban J connectivity index is 0.00000108. The van der Waals surface area contributed by atoms with Gasteiger partial charge in [0, 0.05) is 24.2 Å². The van der Waals surface area contributed by atoms with Gasteiger partial charge < -0.3 is 10.1 Å². The van der Waals surface area contributed by atoms with Gasteiger partial charge in [-0.3, -0.25) is 0 Å². The molecule has 2 nitrogen and oxygen atoms in total. The van der Waals surface area contributed by atoms with Gasteiger partial charge in [0.25, 0.3) is 0 Å². The molecule has 0 aliphatic carbocycles. The first-order chi connectivity index (χ1) is 7.93. The Kier molecular flexibility index (Phi) is 3.67. The molecule has 0 unspecified atom stereocenters. The van der Waals surface area contributed by atoms with Crippen LogP contribution < -0.4 is 10.1 Å². The molecule has 2 aromatic rings. The number of ether oxygens (including phenoxy) is 1. The molecule has 3 heteroatoms. The number of halogens is 1. The lowest BCUT2D eigenvalue weighted by molar-refractivity contribution is 0.453. The van der Waals surface area contributed by atoms with E-state index in [1.165, 1.54) is 11.1 Å². The van der Waals surface area contributed by atoms with Crippen LogP contribution in [0.2, 0.25) is 0 Å². The molecule has 0 atom stereocenters. The summed E-state index contributed by atoms with van der Waals surface area (Å²) in [7, 11) is 0. The van der Waals surface area contributed by atoms with Crippen molar-refractivity contribution in [1.29, 1.82) is 0 Å². The third-order valence-corrected chi connectivity index (χ3v) is 2.80. The molecule has 1 heterocycles. The highest BCUT2D eigenvalue weighted by atomic mass is 35.5. The molecule has 0 spiro atoms. The second kappa shape index (κ2) is 5.21. The zero-order valence-electron chi connectivity index (χ0n) is 9.35. The molecule has 0 fully saturated rings. The summed E-state index contributed by atoms with van der Waals surface area (Å²) in [6.45, 7) is 1.70. The van der Waals surface area contributed by atoms with E-state index >= 15 is 0 Å². The second-order valence-corrected chi connectivity index (χ2v) is 3.92. The molecule has 3 rings (SSSR count). The van der Waals surface area contributed by atoms with Crippen LogP contribution in [0.5, 0.6) is 11.5 Å². The molecule has 0 aromatic heterocycles. The molecule has 0 saturated heterocycles. The van der Waals surface area contributed by atoms with Gasteiger partial charge in [0.15, 0.2) is 0 Å². The van der Waals surface area contributed by atoms with E-state index < -0.39 is 0 Å². The summed E-state index contributed by atoms with van der Waals surface area (Å²) in [5.74, 6) is 1.89. The Morgan fingerprint density at radius 1 is 0.765 bits per heavy atom. The molecule has 88 valence electrons. The third kappa shape index (κ3) is 2.43. The molecular formula is C14H14ClNO. The number of rotatable bonds is 0. The van der Waals surface area contributed by atoms with Gasteiger partial charge in [0.05, 0.1) is 0 Å². The van der Waals surface area contributed by atoms with Crippen LogP contribution in [-0.2, 0) is 13.1 Å². The van der Waals surface area contributed by atoms with Gasteiger partial charge in [-0.05, 0) is 12.1 Å². The van der Waals surface area contributed by atoms with E-state index in [4.69, 9.17) is 4.74 Å². The number of hydrogen-bond acceptors (Lipinski definition) is 2. The molecular weight excluding hydrogens is 234 g/mol. The van der Waals surface area contributed by atoms with Crippen molar-refractivity contribution >= 4 is 12.4 Å². The Morgan fingerprint density at radius 2 is 1.24 bits per heavy atom. The van der Waals surface area contributed by atoms with E-state index in [9.17, 15) is 0 Å². The maximum Gasteiger partial charge on any atom is 0.131 e. The van der Waals surface area contributed by atoms with Gasteiger partial charge in [-0.2, -0.15) is 0 Å². The minimum Gasteiger partial charge on any atom is -0.457 e. The van der Waals surface area contributed by atoms with Crippen LogP contribution in [0.3, 0.4) is 0 Å². The summed E-state index contributed by atoms with van der Waals surface area (Å²) in [4.78, 5) is 0. The largest absolute Gasteiger partial charge is 0.457 e. The molecule has 0 bridgehead atoms. The fraction of sp³-hybridized carbons (Fsp3) is 0.143. The van der Waals surface area contributed by atoms with Crippen molar-refractivity contribution in [2.45, 2.75) is 13.1 Å². The van der Waals surface area contributed by atoms with E-state index in [2.05, 4.69) is 17.4 Å². The summed E-state index contributed by atoms with van der Waals surface area (Å²) in [5, 5.41) is 3.42. The molecule has 17 heavy (non-hydrogen) atoms. The topological polar surface area (TPSA) is 21.3 Å². The predicted octanol–water partition coefficient (Wildman–Crippen LogP) is 3.50. The van der Waals surface area contributed by atoms with Gasteiger partial charge in [0.2, 0.25) is 0 Å². The van der Waals surface area contributed by atoms with Crippen molar-refractivity contribution < 1.29 is 4.74 Å². The summed E-state index contributed by atoms with van der Waals surface area (Å²) in [5.41, 5.74) is 2.41. The number of benzene rings is 2. The van der Waals surface area contributed by atoms with Crippen molar-refractivity contribution in [3.8, 4) is 11.5 Å². The fourth-order valence-electron chi connectivity index (χ4n) is 1.95. The summed E-state index contributed by atoms with van der Waals surface area (Å²) in [6.07, 6.45) is 0. The minimum absolute atomic E-state index is 0. The average molecular weight is 248 g/mol. The Morgan fingerprint density at radius 3 is 1.76 bits per heavy atom. The first-order valence-corrected chi connectivity index (χ1v) is 5.48. The highest BCUT2D eigenvalue weighted by molar-refractivity contribution is 5.85. The lowest BCUT2D eigenvalue weighted by Crippen LogP contribution is -2.16. The molecule has 1 N–H and O–H groups in total. The monoisotopic (exact) mass is 247 g/mol. The van der Waals surface area contributed by atoms with Crippen molar-refractivity contribution in [1.82, 2.24) is 5.32 Å². The number of para-hydroxylation sites is 2. The standard InChI is InChI=1S/C14H13NO.ClH/c1-3-7-13-11(5-1)9-15-10-12-6-2-4-8-14(12)16-13;/h1-8,15H,9-10H2;1H. The van der Waals surface area contributed by atoms with Crippen LogP contribution >= 0.6 is 12.4 Å². The van der Waals surface area contributed by atoms with Crippen molar-refractivity contribution in [3.63, 3.8) is 0 Å². The van der Waals surface area contributed by atoms with Crippen LogP contribution in [0.25, 0.3) is 0 Å². The van der Waals surface area contributed by atoms with E-state index in [1.807, 2.05) is 36.4 Å². The lowest BCUT2D eigenvalue weighted by Gasteiger charge is -2.18. The van der Waals surface area contributed by atoms with E-state index in [0.29, 0.717) is 0 Å². The van der Waals surface area contributed by atoms with Crippen molar-refractivity contribution in [2.24, 2.45) is 0 Å². The zero-order valence-corrected chi connectivity index (χ0v) is 10.2. The zero-order chi connectivity index (χ0) is 10.8. The van der Waals surface area contributed by atoms with Gasteiger partial charge in [-0.15, -0.1) is 12.4 Å². The average Bonchev–Trinajstić information content (AvgIpc) is 2.29. The van der Waals surface area contributed by atoms with Crippen LogP contribution in [0.15, 0.2) is 48.5 Å². The minimum atomic E-state index is 0. The Labute approximate surface area is 107 Å². The van der Waals surface area contributed by atoms with Gasteiger partial charge in [-0.1, -0.05) is 36.4 Å². The SMILES string of the molecule is Cl.c1ccc2c(c1)CNCc1ccccc1O2. The smallest absolute Gasteiger partial charge is 0.131 e. The maximum absolute atomic E-state index is 5.94. The quantitative estimate of drug-likeness (QED) is 0.769. The van der Waals surface area contributed by atoms with E-state index in [0.717, 1.165) is 24.6 Å².